The van der Waals surface area contributed by atoms with Crippen LogP contribution < -0.4 is 15.6 Å². The van der Waals surface area contributed by atoms with Gasteiger partial charge in [0.25, 0.3) is 11.8 Å². The zero-order valence-corrected chi connectivity index (χ0v) is 13.8. The first-order valence-electron chi connectivity index (χ1n) is 6.73. The molecule has 0 bridgehead atoms. The van der Waals surface area contributed by atoms with E-state index in [1.54, 1.807) is 25.1 Å². The van der Waals surface area contributed by atoms with Crippen molar-refractivity contribution < 1.29 is 18.7 Å². The van der Waals surface area contributed by atoms with E-state index in [9.17, 15) is 14.0 Å². The van der Waals surface area contributed by atoms with Gasteiger partial charge < -0.3 is 4.74 Å². The summed E-state index contributed by atoms with van der Waals surface area (Å²) >= 11 is 3.30. The normalized spacial score (nSPS) is 11.4. The predicted octanol–water partition coefficient (Wildman–Crippen LogP) is 2.82. The Kier molecular flexibility index (Phi) is 5.70. The van der Waals surface area contributed by atoms with Crippen LogP contribution in [0.1, 0.15) is 17.3 Å². The first-order chi connectivity index (χ1) is 11.0. The molecule has 2 aromatic carbocycles. The number of carbonyl (C=O) groups excluding carboxylic acids is 2. The van der Waals surface area contributed by atoms with Gasteiger partial charge in [0, 0.05) is 10.0 Å². The van der Waals surface area contributed by atoms with Crippen molar-refractivity contribution in [2.24, 2.45) is 0 Å². The number of rotatable bonds is 4. The Morgan fingerprint density at radius 1 is 1.13 bits per heavy atom. The molecule has 0 saturated carbocycles. The number of hydrogen-bond acceptors (Lipinski definition) is 3. The smallest absolute Gasteiger partial charge is 0.279 e. The lowest BCUT2D eigenvalue weighted by Gasteiger charge is -2.15. The summed E-state index contributed by atoms with van der Waals surface area (Å²) in [4.78, 5) is 23.7. The van der Waals surface area contributed by atoms with Crippen LogP contribution >= 0.6 is 15.9 Å². The first kappa shape index (κ1) is 17.0. The molecular formula is C16H14BrFN2O3. The van der Waals surface area contributed by atoms with Crippen molar-refractivity contribution in [2.45, 2.75) is 13.0 Å². The van der Waals surface area contributed by atoms with Crippen LogP contribution in [0.2, 0.25) is 0 Å². The molecule has 0 spiro atoms. The number of hydrazine groups is 1. The average Bonchev–Trinajstić information content (AvgIpc) is 2.52. The van der Waals surface area contributed by atoms with E-state index in [2.05, 4.69) is 26.8 Å². The van der Waals surface area contributed by atoms with Gasteiger partial charge in [0.2, 0.25) is 0 Å². The summed E-state index contributed by atoms with van der Waals surface area (Å²) in [7, 11) is 0. The Morgan fingerprint density at radius 3 is 2.57 bits per heavy atom. The lowest BCUT2D eigenvalue weighted by Crippen LogP contribution is -2.47. The molecule has 23 heavy (non-hydrogen) atoms. The molecule has 1 atom stereocenters. The second-order valence-electron chi connectivity index (χ2n) is 4.67. The zero-order valence-electron chi connectivity index (χ0n) is 12.2. The molecule has 2 amide bonds. The van der Waals surface area contributed by atoms with E-state index < -0.39 is 23.7 Å². The minimum Gasteiger partial charge on any atom is -0.481 e. The minimum absolute atomic E-state index is 0.103. The van der Waals surface area contributed by atoms with Gasteiger partial charge in [-0.1, -0.05) is 28.1 Å². The SMILES string of the molecule is C[C@@H](Oc1cccc(Br)c1)C(=O)NNC(=O)c1cccc(F)c1. The van der Waals surface area contributed by atoms with Crippen molar-refractivity contribution in [1.82, 2.24) is 10.9 Å². The minimum atomic E-state index is -0.822. The third kappa shape index (κ3) is 5.07. The lowest BCUT2D eigenvalue weighted by atomic mass is 10.2. The Hall–Kier alpha value is -2.41. The Morgan fingerprint density at radius 2 is 1.87 bits per heavy atom. The summed E-state index contributed by atoms with van der Waals surface area (Å²) in [6.07, 6.45) is -0.822. The Balaban J connectivity index is 1.87. The third-order valence-corrected chi connectivity index (χ3v) is 3.36. The van der Waals surface area contributed by atoms with E-state index in [1.165, 1.54) is 18.2 Å². The van der Waals surface area contributed by atoms with Crippen molar-refractivity contribution in [3.63, 3.8) is 0 Å². The number of hydrogen-bond donors (Lipinski definition) is 2. The maximum atomic E-state index is 13.0. The van der Waals surface area contributed by atoms with Gasteiger partial charge in [0.1, 0.15) is 11.6 Å². The summed E-state index contributed by atoms with van der Waals surface area (Å²) in [6.45, 7) is 1.55. The van der Waals surface area contributed by atoms with E-state index in [0.717, 1.165) is 10.5 Å². The largest absolute Gasteiger partial charge is 0.481 e. The summed E-state index contributed by atoms with van der Waals surface area (Å²) in [5.41, 5.74) is 4.55. The lowest BCUT2D eigenvalue weighted by molar-refractivity contribution is -0.128. The van der Waals surface area contributed by atoms with Gasteiger partial charge in [0.05, 0.1) is 0 Å². The number of nitrogens with one attached hydrogen (secondary N) is 2. The molecule has 2 aromatic rings. The van der Waals surface area contributed by atoms with E-state index >= 15 is 0 Å². The van der Waals surface area contributed by atoms with Gasteiger partial charge in [-0.25, -0.2) is 4.39 Å². The molecule has 0 radical (unpaired) electrons. The van der Waals surface area contributed by atoms with Crippen molar-refractivity contribution in [2.75, 3.05) is 0 Å². The maximum absolute atomic E-state index is 13.0. The fourth-order valence-electron chi connectivity index (χ4n) is 1.72. The van der Waals surface area contributed by atoms with Crippen molar-refractivity contribution in [1.29, 1.82) is 0 Å². The molecule has 2 N–H and O–H groups in total. The number of halogens is 2. The highest BCUT2D eigenvalue weighted by Crippen LogP contribution is 2.18. The molecule has 0 aliphatic heterocycles. The number of amides is 2. The van der Waals surface area contributed by atoms with Crippen LogP contribution in [0, 0.1) is 5.82 Å². The van der Waals surface area contributed by atoms with Crippen LogP contribution in [0.25, 0.3) is 0 Å². The van der Waals surface area contributed by atoms with Gasteiger partial charge in [-0.3, -0.25) is 20.4 Å². The van der Waals surface area contributed by atoms with Gasteiger partial charge in [0.15, 0.2) is 6.10 Å². The second-order valence-corrected chi connectivity index (χ2v) is 5.59. The summed E-state index contributed by atoms with van der Waals surface area (Å²) < 4.78 is 19.3. The van der Waals surface area contributed by atoms with Crippen molar-refractivity contribution >= 4 is 27.7 Å². The highest BCUT2D eigenvalue weighted by Gasteiger charge is 2.16. The number of ether oxygens (including phenoxy) is 1. The maximum Gasteiger partial charge on any atom is 0.279 e. The Bertz CT molecular complexity index is 724. The van der Waals surface area contributed by atoms with Gasteiger partial charge >= 0.3 is 0 Å². The van der Waals surface area contributed by atoms with Crippen LogP contribution in [0.4, 0.5) is 4.39 Å². The fourth-order valence-corrected chi connectivity index (χ4v) is 2.10. The molecule has 0 unspecified atom stereocenters. The zero-order chi connectivity index (χ0) is 16.8. The molecule has 0 aromatic heterocycles. The third-order valence-electron chi connectivity index (χ3n) is 2.86. The quantitative estimate of drug-likeness (QED) is 0.801. The fraction of sp³-hybridized carbons (Fsp3) is 0.125. The van der Waals surface area contributed by atoms with E-state index in [-0.39, 0.29) is 5.56 Å². The monoisotopic (exact) mass is 380 g/mol. The molecule has 120 valence electrons. The molecule has 0 aliphatic carbocycles. The molecule has 5 nitrogen and oxygen atoms in total. The van der Waals surface area contributed by atoms with Crippen LogP contribution in [-0.4, -0.2) is 17.9 Å². The second kappa shape index (κ2) is 7.73. The first-order valence-corrected chi connectivity index (χ1v) is 7.53. The highest BCUT2D eigenvalue weighted by atomic mass is 79.9. The average molecular weight is 381 g/mol. The standard InChI is InChI=1S/C16H14BrFN2O3/c1-10(23-14-7-3-5-12(17)9-14)15(21)19-20-16(22)11-4-2-6-13(18)8-11/h2-10H,1H3,(H,19,21)(H,20,22)/t10-/m1/s1. The van der Waals surface area contributed by atoms with Crippen molar-refractivity contribution in [3.05, 3.63) is 64.4 Å². The topological polar surface area (TPSA) is 67.4 Å². The van der Waals surface area contributed by atoms with Gasteiger partial charge in [-0.05, 0) is 43.3 Å². The summed E-state index contributed by atoms with van der Waals surface area (Å²) in [5.74, 6) is -1.17. The van der Waals surface area contributed by atoms with E-state index in [0.29, 0.717) is 5.75 Å². The molecule has 0 aliphatic rings. The Labute approximate surface area is 140 Å². The number of carbonyl (C=O) groups is 2. The molecule has 0 fully saturated rings. The van der Waals surface area contributed by atoms with E-state index in [1.807, 2.05) is 6.07 Å². The molecular weight excluding hydrogens is 367 g/mol. The molecule has 0 heterocycles. The molecule has 2 rings (SSSR count). The number of benzene rings is 2. The van der Waals surface area contributed by atoms with Crippen LogP contribution in [0.5, 0.6) is 5.75 Å². The molecule has 7 heteroatoms. The van der Waals surface area contributed by atoms with Gasteiger partial charge in [-0.2, -0.15) is 0 Å². The summed E-state index contributed by atoms with van der Waals surface area (Å²) in [6, 6.07) is 12.2. The van der Waals surface area contributed by atoms with Crippen LogP contribution in [0.3, 0.4) is 0 Å². The predicted molar refractivity (Wildman–Crippen MR) is 86.2 cm³/mol. The molecule has 0 saturated heterocycles. The van der Waals surface area contributed by atoms with E-state index in [4.69, 9.17) is 4.74 Å². The van der Waals surface area contributed by atoms with Gasteiger partial charge in [-0.15, -0.1) is 0 Å². The van der Waals surface area contributed by atoms with Crippen LogP contribution in [0.15, 0.2) is 53.0 Å². The summed E-state index contributed by atoms with van der Waals surface area (Å²) in [5, 5.41) is 0. The van der Waals surface area contributed by atoms with Crippen LogP contribution in [-0.2, 0) is 4.79 Å². The highest BCUT2D eigenvalue weighted by molar-refractivity contribution is 9.10. The van der Waals surface area contributed by atoms with Crippen molar-refractivity contribution in [3.8, 4) is 5.75 Å².